The summed E-state index contributed by atoms with van der Waals surface area (Å²) in [6, 6.07) is 7.72. The second-order valence-corrected chi connectivity index (χ2v) is 5.50. The molecule has 4 heteroatoms. The Kier molecular flexibility index (Phi) is 6.49. The zero-order valence-electron chi connectivity index (χ0n) is 13.1. The topological polar surface area (TPSA) is 41.9 Å². The quantitative estimate of drug-likeness (QED) is 0.839. The van der Waals surface area contributed by atoms with Gasteiger partial charge < -0.3 is 14.6 Å². The van der Waals surface area contributed by atoms with Crippen molar-refractivity contribution < 1.29 is 14.6 Å². The maximum Gasteiger partial charge on any atom is 0.119 e. The highest BCUT2D eigenvalue weighted by Gasteiger charge is 2.22. The molecule has 21 heavy (non-hydrogen) atoms. The van der Waals surface area contributed by atoms with Crippen LogP contribution in [0.5, 0.6) is 5.75 Å². The van der Waals surface area contributed by atoms with E-state index < -0.39 is 6.10 Å². The van der Waals surface area contributed by atoms with Crippen molar-refractivity contribution in [1.29, 1.82) is 0 Å². The zero-order valence-corrected chi connectivity index (χ0v) is 13.1. The number of hydrogen-bond donors (Lipinski definition) is 1. The molecule has 2 atom stereocenters. The molecule has 0 spiro atoms. The predicted molar refractivity (Wildman–Crippen MR) is 83.7 cm³/mol. The molecule has 2 unspecified atom stereocenters. The Morgan fingerprint density at radius 2 is 2.00 bits per heavy atom. The number of likely N-dealkylation sites (tertiary alicyclic amines) is 1. The molecular weight excluding hydrogens is 266 g/mol. The third kappa shape index (κ3) is 4.99. The van der Waals surface area contributed by atoms with Crippen molar-refractivity contribution in [3.8, 4) is 5.75 Å². The van der Waals surface area contributed by atoms with E-state index in [1.165, 1.54) is 0 Å². The smallest absolute Gasteiger partial charge is 0.119 e. The van der Waals surface area contributed by atoms with Crippen molar-refractivity contribution in [3.05, 3.63) is 29.8 Å². The number of hydrogen-bond acceptors (Lipinski definition) is 4. The molecule has 0 bridgehead atoms. The van der Waals surface area contributed by atoms with Crippen molar-refractivity contribution >= 4 is 0 Å². The summed E-state index contributed by atoms with van der Waals surface area (Å²) in [5, 5.41) is 10.4. The molecule has 0 amide bonds. The highest BCUT2D eigenvalue weighted by atomic mass is 16.5. The fourth-order valence-corrected chi connectivity index (χ4v) is 2.85. The predicted octanol–water partition coefficient (Wildman–Crippen LogP) is 2.62. The van der Waals surface area contributed by atoms with Crippen molar-refractivity contribution in [1.82, 2.24) is 4.90 Å². The lowest BCUT2D eigenvalue weighted by molar-refractivity contribution is -0.00705. The summed E-state index contributed by atoms with van der Waals surface area (Å²) in [5.74, 6) is 0.850. The molecule has 1 N–H and O–H groups in total. The lowest BCUT2D eigenvalue weighted by Gasteiger charge is -2.33. The van der Waals surface area contributed by atoms with Gasteiger partial charge in [0.15, 0.2) is 0 Å². The normalized spacial score (nSPS) is 21.2. The van der Waals surface area contributed by atoms with Crippen LogP contribution in [0.4, 0.5) is 0 Å². The Labute approximate surface area is 127 Å². The van der Waals surface area contributed by atoms with E-state index >= 15 is 0 Å². The van der Waals surface area contributed by atoms with Gasteiger partial charge in [0.1, 0.15) is 5.75 Å². The molecule has 2 rings (SSSR count). The summed E-state index contributed by atoms with van der Waals surface area (Å²) in [5.41, 5.74) is 0.942. The van der Waals surface area contributed by atoms with Crippen LogP contribution in [-0.4, -0.2) is 49.0 Å². The molecule has 0 aliphatic carbocycles. The molecule has 1 aliphatic heterocycles. The van der Waals surface area contributed by atoms with E-state index in [9.17, 15) is 5.11 Å². The van der Waals surface area contributed by atoms with Gasteiger partial charge in [0, 0.05) is 19.7 Å². The minimum Gasteiger partial charge on any atom is -0.494 e. The van der Waals surface area contributed by atoms with Crippen LogP contribution >= 0.6 is 0 Å². The maximum absolute atomic E-state index is 10.4. The molecule has 1 aromatic carbocycles. The number of nitrogens with zero attached hydrogens (tertiary/aromatic N) is 1. The highest BCUT2D eigenvalue weighted by Crippen LogP contribution is 2.21. The third-order valence-corrected chi connectivity index (χ3v) is 3.87. The molecule has 118 valence electrons. The van der Waals surface area contributed by atoms with Gasteiger partial charge in [-0.2, -0.15) is 0 Å². The molecule has 4 nitrogen and oxygen atoms in total. The van der Waals surface area contributed by atoms with Crippen LogP contribution in [0.1, 0.15) is 38.4 Å². The standard InChI is InChI=1S/C17H27NO3/c1-3-20-15-9-7-14(8-10-15)17(19)13-18-11-5-6-16(12-18)21-4-2/h7-10,16-17,19H,3-6,11-13H2,1-2H3. The molecule has 1 aromatic rings. The molecule has 1 fully saturated rings. The van der Waals surface area contributed by atoms with Gasteiger partial charge in [-0.25, -0.2) is 0 Å². The molecule has 1 aliphatic rings. The second-order valence-electron chi connectivity index (χ2n) is 5.50. The largest absolute Gasteiger partial charge is 0.494 e. The SMILES string of the molecule is CCOc1ccc(C(O)CN2CCCC(OCC)C2)cc1. The number of benzene rings is 1. The highest BCUT2D eigenvalue weighted by molar-refractivity contribution is 5.28. The molecule has 1 saturated heterocycles. The minimum absolute atomic E-state index is 0.316. The van der Waals surface area contributed by atoms with Crippen molar-refractivity contribution in [2.45, 2.75) is 38.9 Å². The first-order valence-electron chi connectivity index (χ1n) is 7.97. The van der Waals surface area contributed by atoms with E-state index in [0.717, 1.165) is 43.9 Å². The van der Waals surface area contributed by atoms with Gasteiger partial charge in [0.2, 0.25) is 0 Å². The van der Waals surface area contributed by atoms with Gasteiger partial charge in [0.05, 0.1) is 18.8 Å². The second kappa shape index (κ2) is 8.37. The van der Waals surface area contributed by atoms with E-state index in [1.807, 2.05) is 38.1 Å². The molecule has 0 radical (unpaired) electrons. The Bertz CT molecular complexity index is 405. The lowest BCUT2D eigenvalue weighted by atomic mass is 10.1. The Balaban J connectivity index is 1.86. The average Bonchev–Trinajstić information content (AvgIpc) is 2.49. The number of β-amino-alcohol motifs (C(OH)–C–C–N with tert-alkyl or cyclic N) is 1. The Morgan fingerprint density at radius 3 is 2.67 bits per heavy atom. The molecular formula is C17H27NO3. The van der Waals surface area contributed by atoms with Crippen LogP contribution in [0, 0.1) is 0 Å². The van der Waals surface area contributed by atoms with Gasteiger partial charge in [-0.05, 0) is 50.9 Å². The van der Waals surface area contributed by atoms with Crippen molar-refractivity contribution in [2.24, 2.45) is 0 Å². The number of aliphatic hydroxyl groups is 1. The first kappa shape index (κ1) is 16.3. The molecule has 0 saturated carbocycles. The van der Waals surface area contributed by atoms with E-state index in [4.69, 9.17) is 9.47 Å². The summed E-state index contributed by atoms with van der Waals surface area (Å²) in [4.78, 5) is 2.30. The van der Waals surface area contributed by atoms with E-state index in [1.54, 1.807) is 0 Å². The summed E-state index contributed by atoms with van der Waals surface area (Å²) in [7, 11) is 0. The van der Waals surface area contributed by atoms with Gasteiger partial charge >= 0.3 is 0 Å². The van der Waals surface area contributed by atoms with Gasteiger partial charge in [-0.15, -0.1) is 0 Å². The number of aliphatic hydroxyl groups excluding tert-OH is 1. The fourth-order valence-electron chi connectivity index (χ4n) is 2.85. The lowest BCUT2D eigenvalue weighted by Crippen LogP contribution is -2.41. The molecule has 0 aromatic heterocycles. The maximum atomic E-state index is 10.4. The monoisotopic (exact) mass is 293 g/mol. The van der Waals surface area contributed by atoms with Gasteiger partial charge in [-0.3, -0.25) is 4.90 Å². The Hall–Kier alpha value is -1.10. The summed E-state index contributed by atoms with van der Waals surface area (Å²) < 4.78 is 11.1. The van der Waals surface area contributed by atoms with Crippen LogP contribution in [-0.2, 0) is 4.74 Å². The van der Waals surface area contributed by atoms with E-state index in [-0.39, 0.29) is 0 Å². The van der Waals surface area contributed by atoms with Crippen LogP contribution < -0.4 is 4.74 Å². The fraction of sp³-hybridized carbons (Fsp3) is 0.647. The minimum atomic E-state index is -0.457. The average molecular weight is 293 g/mol. The van der Waals surface area contributed by atoms with Crippen LogP contribution in [0.15, 0.2) is 24.3 Å². The zero-order chi connectivity index (χ0) is 15.1. The van der Waals surface area contributed by atoms with Gasteiger partial charge in [0.25, 0.3) is 0 Å². The molecule has 1 heterocycles. The summed E-state index contributed by atoms with van der Waals surface area (Å²) >= 11 is 0. The number of ether oxygens (including phenoxy) is 2. The summed E-state index contributed by atoms with van der Waals surface area (Å²) in [6.45, 7) is 8.05. The van der Waals surface area contributed by atoms with E-state index in [0.29, 0.717) is 19.3 Å². The first-order chi connectivity index (χ1) is 10.2. The summed E-state index contributed by atoms with van der Waals surface area (Å²) in [6.07, 6.45) is 2.13. The van der Waals surface area contributed by atoms with Crippen LogP contribution in [0.25, 0.3) is 0 Å². The number of rotatable bonds is 7. The van der Waals surface area contributed by atoms with Crippen LogP contribution in [0.3, 0.4) is 0 Å². The first-order valence-corrected chi connectivity index (χ1v) is 7.97. The van der Waals surface area contributed by atoms with Gasteiger partial charge in [-0.1, -0.05) is 12.1 Å². The third-order valence-electron chi connectivity index (χ3n) is 3.87. The number of piperidine rings is 1. The van der Waals surface area contributed by atoms with Crippen LogP contribution in [0.2, 0.25) is 0 Å². The van der Waals surface area contributed by atoms with Crippen molar-refractivity contribution in [3.63, 3.8) is 0 Å². The van der Waals surface area contributed by atoms with Crippen molar-refractivity contribution in [2.75, 3.05) is 32.8 Å². The van der Waals surface area contributed by atoms with E-state index in [2.05, 4.69) is 4.90 Å². The Morgan fingerprint density at radius 1 is 1.24 bits per heavy atom.